The van der Waals surface area contributed by atoms with Crippen LogP contribution in [0, 0.1) is 0 Å². The number of anilines is 1. The highest BCUT2D eigenvalue weighted by Crippen LogP contribution is 2.35. The Morgan fingerprint density at radius 2 is 2.00 bits per heavy atom. The summed E-state index contributed by atoms with van der Waals surface area (Å²) in [6.45, 7) is 0.846. The van der Waals surface area contributed by atoms with Crippen molar-refractivity contribution in [1.29, 1.82) is 0 Å². The minimum atomic E-state index is -0.0520. The van der Waals surface area contributed by atoms with Crippen molar-refractivity contribution in [3.63, 3.8) is 0 Å². The molecule has 1 aliphatic heterocycles. The van der Waals surface area contributed by atoms with Gasteiger partial charge in [-0.05, 0) is 43.5 Å². The number of rotatable bonds is 4. The van der Waals surface area contributed by atoms with Crippen molar-refractivity contribution < 1.29 is 4.52 Å². The molecule has 1 fully saturated rings. The van der Waals surface area contributed by atoms with Crippen LogP contribution in [0.3, 0.4) is 0 Å². The highest BCUT2D eigenvalue weighted by molar-refractivity contribution is 6.30. The van der Waals surface area contributed by atoms with Crippen LogP contribution in [0.15, 0.2) is 53.3 Å². The second-order valence-electron chi connectivity index (χ2n) is 7.30. The molecule has 30 heavy (non-hydrogen) atoms. The number of hydrogen-bond donors (Lipinski definition) is 0. The molecule has 0 saturated carbocycles. The van der Waals surface area contributed by atoms with Gasteiger partial charge in [0.15, 0.2) is 5.82 Å². The zero-order chi connectivity index (χ0) is 20.5. The molecule has 8 nitrogen and oxygen atoms in total. The quantitative estimate of drug-likeness (QED) is 0.485. The van der Waals surface area contributed by atoms with Gasteiger partial charge in [0.05, 0.1) is 0 Å². The van der Waals surface area contributed by atoms with Gasteiger partial charge >= 0.3 is 0 Å². The highest BCUT2D eigenvalue weighted by atomic mass is 35.5. The van der Waals surface area contributed by atoms with Gasteiger partial charge in [-0.25, -0.2) is 0 Å². The van der Waals surface area contributed by atoms with E-state index in [0.717, 1.165) is 48.7 Å². The Morgan fingerprint density at radius 1 is 1.10 bits per heavy atom. The maximum absolute atomic E-state index is 6.11. The first-order valence-electron chi connectivity index (χ1n) is 9.86. The Morgan fingerprint density at radius 3 is 2.83 bits per heavy atom. The van der Waals surface area contributed by atoms with E-state index in [2.05, 4.69) is 30.2 Å². The van der Waals surface area contributed by atoms with Gasteiger partial charge in [0.2, 0.25) is 17.7 Å². The number of halogens is 1. The van der Waals surface area contributed by atoms with E-state index in [0.29, 0.717) is 16.7 Å². The van der Waals surface area contributed by atoms with E-state index in [9.17, 15) is 0 Å². The van der Waals surface area contributed by atoms with Crippen molar-refractivity contribution in [3.05, 3.63) is 59.7 Å². The zero-order valence-electron chi connectivity index (χ0n) is 16.4. The van der Waals surface area contributed by atoms with Crippen LogP contribution in [0.1, 0.15) is 31.2 Å². The van der Waals surface area contributed by atoms with Crippen LogP contribution in [-0.2, 0) is 7.05 Å². The highest BCUT2D eigenvalue weighted by Gasteiger charge is 2.32. The van der Waals surface area contributed by atoms with Crippen LogP contribution < -0.4 is 4.90 Å². The molecule has 1 saturated heterocycles. The molecule has 0 spiro atoms. The van der Waals surface area contributed by atoms with E-state index in [1.54, 1.807) is 12.4 Å². The number of pyridine rings is 1. The largest absolute Gasteiger partial charge is 0.337 e. The van der Waals surface area contributed by atoms with Crippen LogP contribution >= 0.6 is 11.6 Å². The third-order valence-electron chi connectivity index (χ3n) is 5.34. The molecule has 4 aromatic rings. The minimum Gasteiger partial charge on any atom is -0.337 e. The van der Waals surface area contributed by atoms with Gasteiger partial charge in [0.1, 0.15) is 6.04 Å². The maximum Gasteiger partial charge on any atom is 0.249 e. The lowest BCUT2D eigenvalue weighted by Gasteiger charge is -2.33. The molecule has 1 unspecified atom stereocenters. The van der Waals surface area contributed by atoms with Crippen molar-refractivity contribution in [3.8, 4) is 22.8 Å². The first-order valence-corrected chi connectivity index (χ1v) is 10.2. The molecular weight excluding hydrogens is 402 g/mol. The summed E-state index contributed by atoms with van der Waals surface area (Å²) in [5.41, 5.74) is 1.76. The topological polar surface area (TPSA) is 85.8 Å². The Kier molecular flexibility index (Phi) is 4.92. The summed E-state index contributed by atoms with van der Waals surface area (Å²) < 4.78 is 7.66. The van der Waals surface area contributed by atoms with Crippen LogP contribution in [0.2, 0.25) is 5.02 Å². The van der Waals surface area contributed by atoms with Gasteiger partial charge < -0.3 is 9.42 Å². The Bertz CT molecular complexity index is 1160. The molecule has 0 amide bonds. The Balaban J connectivity index is 1.47. The number of aromatic nitrogens is 6. The molecule has 1 atom stereocenters. The number of hydrogen-bond acceptors (Lipinski definition) is 7. The third-order valence-corrected chi connectivity index (χ3v) is 5.58. The molecule has 0 bridgehead atoms. The van der Waals surface area contributed by atoms with Crippen LogP contribution in [0.5, 0.6) is 0 Å². The Labute approximate surface area is 178 Å². The SMILES string of the molecule is Cn1c(-c2cccnc2)nnc1N1CCCCC1c1nc(-c2cccc(Cl)c2)no1. The van der Waals surface area contributed by atoms with Crippen molar-refractivity contribution >= 4 is 17.5 Å². The normalized spacial score (nSPS) is 16.7. The predicted octanol–water partition coefficient (Wildman–Crippen LogP) is 4.31. The van der Waals surface area contributed by atoms with Gasteiger partial charge in [-0.15, -0.1) is 10.2 Å². The van der Waals surface area contributed by atoms with Crippen molar-refractivity contribution in [2.75, 3.05) is 11.4 Å². The van der Waals surface area contributed by atoms with Gasteiger partial charge in [-0.2, -0.15) is 4.98 Å². The van der Waals surface area contributed by atoms with Gasteiger partial charge in [0, 0.05) is 42.1 Å². The van der Waals surface area contributed by atoms with E-state index >= 15 is 0 Å². The molecule has 0 radical (unpaired) electrons. The summed E-state index contributed by atoms with van der Waals surface area (Å²) in [6.07, 6.45) is 6.60. The van der Waals surface area contributed by atoms with Crippen molar-refractivity contribution in [1.82, 2.24) is 29.9 Å². The fraction of sp³-hybridized carbons (Fsp3) is 0.286. The molecule has 0 N–H and O–H groups in total. The summed E-state index contributed by atoms with van der Waals surface area (Å²) in [5, 5.41) is 13.7. The summed E-state index contributed by atoms with van der Waals surface area (Å²) in [4.78, 5) is 11.1. The lowest BCUT2D eigenvalue weighted by atomic mass is 10.0. The molecule has 9 heteroatoms. The molecule has 4 heterocycles. The first-order chi connectivity index (χ1) is 14.7. The summed E-state index contributed by atoms with van der Waals surface area (Å²) in [7, 11) is 1.97. The summed E-state index contributed by atoms with van der Waals surface area (Å²) in [6, 6.07) is 11.3. The van der Waals surface area contributed by atoms with Crippen molar-refractivity contribution in [2.45, 2.75) is 25.3 Å². The fourth-order valence-electron chi connectivity index (χ4n) is 3.86. The maximum atomic E-state index is 6.11. The molecule has 3 aromatic heterocycles. The lowest BCUT2D eigenvalue weighted by molar-refractivity contribution is 0.320. The van der Waals surface area contributed by atoms with Crippen LogP contribution in [-0.4, -0.2) is 36.4 Å². The van der Waals surface area contributed by atoms with Crippen LogP contribution in [0.25, 0.3) is 22.8 Å². The van der Waals surface area contributed by atoms with Gasteiger partial charge in [0.25, 0.3) is 0 Å². The molecule has 1 aliphatic rings. The lowest BCUT2D eigenvalue weighted by Crippen LogP contribution is -2.35. The van der Waals surface area contributed by atoms with E-state index in [1.165, 1.54) is 0 Å². The average molecular weight is 422 g/mol. The molecule has 1 aromatic carbocycles. The summed E-state index contributed by atoms with van der Waals surface area (Å²) in [5.74, 6) is 2.66. The summed E-state index contributed by atoms with van der Waals surface area (Å²) >= 11 is 6.11. The van der Waals surface area contributed by atoms with E-state index < -0.39 is 0 Å². The van der Waals surface area contributed by atoms with Gasteiger partial charge in [-0.1, -0.05) is 28.9 Å². The van der Waals surface area contributed by atoms with E-state index in [1.807, 2.05) is 48.0 Å². The fourth-order valence-corrected chi connectivity index (χ4v) is 4.05. The molecule has 0 aliphatic carbocycles. The predicted molar refractivity (Wildman–Crippen MR) is 113 cm³/mol. The number of benzene rings is 1. The second-order valence-corrected chi connectivity index (χ2v) is 7.73. The van der Waals surface area contributed by atoms with E-state index in [4.69, 9.17) is 16.1 Å². The number of nitrogens with zero attached hydrogens (tertiary/aromatic N) is 7. The molecular formula is C21H20ClN7O. The van der Waals surface area contributed by atoms with E-state index in [-0.39, 0.29) is 6.04 Å². The minimum absolute atomic E-state index is 0.0520. The Hall–Kier alpha value is -3.26. The standard InChI is InChI=1S/C21H20ClN7O/c1-28-19(15-7-5-10-23-13-15)25-26-21(28)29-11-3-2-9-17(29)20-24-18(27-30-20)14-6-4-8-16(22)12-14/h4-8,10,12-13,17H,2-3,9,11H2,1H3. The van der Waals surface area contributed by atoms with Crippen molar-refractivity contribution in [2.24, 2.45) is 7.05 Å². The zero-order valence-corrected chi connectivity index (χ0v) is 17.2. The molecule has 152 valence electrons. The first kappa shape index (κ1) is 18.7. The monoisotopic (exact) mass is 421 g/mol. The number of piperidine rings is 1. The average Bonchev–Trinajstić information content (AvgIpc) is 3.42. The van der Waals surface area contributed by atoms with Gasteiger partial charge in [-0.3, -0.25) is 9.55 Å². The second kappa shape index (κ2) is 7.87. The van der Waals surface area contributed by atoms with Crippen LogP contribution in [0.4, 0.5) is 5.95 Å². The smallest absolute Gasteiger partial charge is 0.249 e. The molecule has 5 rings (SSSR count). The third kappa shape index (κ3) is 3.43.